The van der Waals surface area contributed by atoms with Gasteiger partial charge in [-0.1, -0.05) is 132 Å². The van der Waals surface area contributed by atoms with Crippen molar-refractivity contribution < 1.29 is 5.11 Å². The van der Waals surface area contributed by atoms with E-state index in [1.54, 1.807) is 6.33 Å². The van der Waals surface area contributed by atoms with Crippen molar-refractivity contribution in [1.82, 2.24) is 57.8 Å². The molecule has 1 N–H and O–H groups in total. The van der Waals surface area contributed by atoms with E-state index in [-0.39, 0.29) is 0 Å². The Hall–Kier alpha value is -8.56. The molecule has 0 spiro atoms. The fourth-order valence-electron chi connectivity index (χ4n) is 14.5. The Balaban J connectivity index is 0.000000111. The van der Waals surface area contributed by atoms with E-state index in [0.29, 0.717) is 6.54 Å². The average molecular weight is 1210 g/mol. The number of pyridine rings is 2. The third kappa shape index (κ3) is 13.6. The first kappa shape index (κ1) is 61.3. The molecular formula is C78H88N12O. The van der Waals surface area contributed by atoms with Crippen molar-refractivity contribution in [3.63, 3.8) is 0 Å². The number of aryl methyl sites for hydroxylation is 8. The van der Waals surface area contributed by atoms with Crippen LogP contribution in [0.2, 0.25) is 0 Å². The molecule has 13 heteroatoms. The van der Waals surface area contributed by atoms with E-state index in [1.165, 1.54) is 105 Å². The van der Waals surface area contributed by atoms with E-state index in [0.717, 1.165) is 134 Å². The number of aliphatic hydroxyl groups excluding tert-OH is 1. The summed E-state index contributed by atoms with van der Waals surface area (Å²) in [6, 6.07) is 53.5. The minimum Gasteiger partial charge on any atom is -0.387 e. The van der Waals surface area contributed by atoms with Gasteiger partial charge in [0.1, 0.15) is 17.6 Å². The number of hydrogen-bond donors (Lipinski definition) is 1. The third-order valence-corrected chi connectivity index (χ3v) is 19.4. The van der Waals surface area contributed by atoms with Crippen LogP contribution in [0, 0.1) is 13.8 Å². The van der Waals surface area contributed by atoms with Crippen molar-refractivity contribution in [2.75, 3.05) is 54.4 Å². The van der Waals surface area contributed by atoms with Crippen molar-refractivity contribution >= 4 is 43.9 Å². The molecule has 0 fully saturated rings. The summed E-state index contributed by atoms with van der Waals surface area (Å²) in [7, 11) is 8.77. The minimum atomic E-state index is -0.485. The van der Waals surface area contributed by atoms with Gasteiger partial charge in [-0.25, -0.2) is 15.0 Å². The fourth-order valence-corrected chi connectivity index (χ4v) is 14.5. The summed E-state index contributed by atoms with van der Waals surface area (Å²) < 4.78 is 9.70. The largest absolute Gasteiger partial charge is 0.387 e. The highest BCUT2D eigenvalue weighted by atomic mass is 16.3. The molecule has 1 unspecified atom stereocenters. The Morgan fingerprint density at radius 1 is 0.407 bits per heavy atom. The molecule has 0 saturated heterocycles. The van der Waals surface area contributed by atoms with Gasteiger partial charge in [0, 0.05) is 166 Å². The number of rotatable bonds is 12. The molecule has 466 valence electrons. The Labute approximate surface area is 536 Å². The molecule has 0 amide bonds. The van der Waals surface area contributed by atoms with Crippen LogP contribution in [0.15, 0.2) is 183 Å². The number of aliphatic hydroxyl groups is 1. The Morgan fingerprint density at radius 2 is 0.879 bits per heavy atom. The first-order chi connectivity index (χ1) is 44.5. The summed E-state index contributed by atoms with van der Waals surface area (Å²) in [6.45, 7) is 16.4. The molecule has 5 aromatic carbocycles. The maximum Gasteiger partial charge on any atom is 0.143 e. The van der Waals surface area contributed by atoms with Crippen LogP contribution < -0.4 is 0 Å². The van der Waals surface area contributed by atoms with Gasteiger partial charge in [0.2, 0.25) is 0 Å². The number of hydrogen-bond acceptors (Lipinski definition) is 9. The van der Waals surface area contributed by atoms with E-state index in [9.17, 15) is 5.11 Å². The van der Waals surface area contributed by atoms with E-state index < -0.39 is 6.10 Å². The second kappa shape index (κ2) is 27.9. The minimum absolute atomic E-state index is 0.485. The SMILES string of the molecule is CN1CCc2c(c3cccnc3n2CCc2ccccc2)C1.CN1CCc2c(c3ccncc3n2CCc2ccccc2)C1.CN1CCc2c(c3cncnc3n2CCc2ccccc2)C1.Cc1ccc(C(O)Cn2c3c(c4cc(C)ccc42)CN(C)CC3)cc1. The molecule has 11 heterocycles. The van der Waals surface area contributed by atoms with Crippen molar-refractivity contribution in [1.29, 1.82) is 0 Å². The maximum atomic E-state index is 10.8. The summed E-state index contributed by atoms with van der Waals surface area (Å²) in [5.74, 6) is 0. The van der Waals surface area contributed by atoms with Crippen LogP contribution in [0.5, 0.6) is 0 Å². The second-order valence-corrected chi connectivity index (χ2v) is 25.9. The molecule has 12 aromatic rings. The fraction of sp³-hybridized carbons (Fsp3) is 0.333. The quantitative estimate of drug-likeness (QED) is 0.128. The van der Waals surface area contributed by atoms with Crippen LogP contribution in [0.3, 0.4) is 0 Å². The van der Waals surface area contributed by atoms with Gasteiger partial charge in [-0.3, -0.25) is 4.98 Å². The zero-order chi connectivity index (χ0) is 62.4. The lowest BCUT2D eigenvalue weighted by Gasteiger charge is -2.25. The summed E-state index contributed by atoms with van der Waals surface area (Å²) in [5, 5.41) is 16.1. The molecule has 4 aliphatic heterocycles. The van der Waals surface area contributed by atoms with Gasteiger partial charge < -0.3 is 43.0 Å². The van der Waals surface area contributed by atoms with Crippen LogP contribution in [-0.2, 0) is 97.3 Å². The highest BCUT2D eigenvalue weighted by Crippen LogP contribution is 2.35. The second-order valence-electron chi connectivity index (χ2n) is 25.9. The molecular weight excluding hydrogens is 1120 g/mol. The number of nitrogens with zero attached hydrogens (tertiary/aromatic N) is 12. The molecule has 4 aliphatic rings. The lowest BCUT2D eigenvalue weighted by atomic mass is 10.0. The predicted molar refractivity (Wildman–Crippen MR) is 370 cm³/mol. The Kier molecular flexibility index (Phi) is 18.8. The van der Waals surface area contributed by atoms with Gasteiger partial charge in [-0.2, -0.15) is 0 Å². The highest BCUT2D eigenvalue weighted by Gasteiger charge is 2.27. The van der Waals surface area contributed by atoms with E-state index in [2.05, 4.69) is 239 Å². The van der Waals surface area contributed by atoms with Crippen molar-refractivity contribution in [2.24, 2.45) is 0 Å². The van der Waals surface area contributed by atoms with Gasteiger partial charge in [0.05, 0.1) is 24.4 Å². The molecule has 91 heavy (non-hydrogen) atoms. The topological polar surface area (TPSA) is 104 Å². The van der Waals surface area contributed by atoms with Gasteiger partial charge in [-0.05, 0) is 136 Å². The van der Waals surface area contributed by atoms with Crippen LogP contribution in [0.25, 0.3) is 43.9 Å². The highest BCUT2D eigenvalue weighted by molar-refractivity contribution is 5.87. The number of likely N-dealkylation sites (N-methyl/N-ethyl adjacent to an activating group) is 4. The monoisotopic (exact) mass is 1210 g/mol. The van der Waals surface area contributed by atoms with Crippen LogP contribution >= 0.6 is 0 Å². The van der Waals surface area contributed by atoms with Gasteiger partial charge in [-0.15, -0.1) is 0 Å². The van der Waals surface area contributed by atoms with E-state index >= 15 is 0 Å². The van der Waals surface area contributed by atoms with Crippen molar-refractivity contribution in [2.45, 2.75) is 117 Å². The van der Waals surface area contributed by atoms with Gasteiger partial charge >= 0.3 is 0 Å². The molecule has 7 aromatic heterocycles. The molecule has 0 saturated carbocycles. The standard InChI is InChI=1S/C22H26N2O.2C19H21N3.C18H20N4/c1-15-4-7-17(8-5-15)22(25)14-24-20-9-6-16(2)12-18(20)19-13-23(3)11-10-21(19)24;1-21-12-10-18-17(14-21)16-8-5-11-20-19(16)22(18)13-9-15-6-3-2-4-7-15;1-21-11-9-18-17(14-21)16-7-10-20-13-19(16)22(18)12-8-15-5-3-2-4-6-15;1-21-9-8-17-16(12-21)15-11-19-13-20-18(15)22(17)10-7-14-5-3-2-4-6-14/h4-9,12,22,25H,10-11,13-14H2,1-3H3;2-8,11H,9-10,12-14H2,1H3;2-7,10,13H,8-9,11-12,14H2,1H3;2-6,11,13H,7-10,12H2,1H3. The zero-order valence-electron chi connectivity index (χ0n) is 54.1. The first-order valence-corrected chi connectivity index (χ1v) is 32.9. The van der Waals surface area contributed by atoms with Gasteiger partial charge in [0.25, 0.3) is 0 Å². The normalized spacial score (nSPS) is 15.4. The summed E-state index contributed by atoms with van der Waals surface area (Å²) in [5.41, 5.74) is 24.1. The van der Waals surface area contributed by atoms with Gasteiger partial charge in [0.15, 0.2) is 0 Å². The molecule has 1 atom stereocenters. The Morgan fingerprint density at radius 3 is 1.44 bits per heavy atom. The number of aromatic nitrogens is 8. The lowest BCUT2D eigenvalue weighted by molar-refractivity contribution is 0.156. The Bertz CT molecular complexity index is 4080. The summed E-state index contributed by atoms with van der Waals surface area (Å²) in [6.07, 6.45) is 16.6. The average Bonchev–Trinajstić information content (AvgIpc) is 1.72. The molecule has 16 rings (SSSR count). The zero-order valence-corrected chi connectivity index (χ0v) is 54.1. The molecule has 13 nitrogen and oxygen atoms in total. The van der Waals surface area contributed by atoms with Crippen molar-refractivity contribution in [3.05, 3.63) is 261 Å². The lowest BCUT2D eigenvalue weighted by Crippen LogP contribution is -2.27. The molecule has 0 aliphatic carbocycles. The predicted octanol–water partition coefficient (Wildman–Crippen LogP) is 13.2. The van der Waals surface area contributed by atoms with Crippen LogP contribution in [0.1, 0.15) is 84.5 Å². The maximum absolute atomic E-state index is 10.8. The number of fused-ring (bicyclic) bond motifs is 12. The summed E-state index contributed by atoms with van der Waals surface area (Å²) >= 11 is 0. The molecule has 0 bridgehead atoms. The van der Waals surface area contributed by atoms with E-state index in [4.69, 9.17) is 0 Å². The van der Waals surface area contributed by atoms with Crippen LogP contribution in [-0.4, -0.2) is 117 Å². The smallest absolute Gasteiger partial charge is 0.143 e. The molecule has 0 radical (unpaired) electrons. The first-order valence-electron chi connectivity index (χ1n) is 32.9. The van der Waals surface area contributed by atoms with Crippen molar-refractivity contribution in [3.8, 4) is 0 Å². The van der Waals surface area contributed by atoms with E-state index in [1.807, 2.05) is 36.9 Å². The summed E-state index contributed by atoms with van der Waals surface area (Å²) in [4.78, 5) is 27.4. The third-order valence-electron chi connectivity index (χ3n) is 19.4. The number of benzene rings is 5. The van der Waals surface area contributed by atoms with Crippen LogP contribution in [0.4, 0.5) is 0 Å².